The first kappa shape index (κ1) is 18.8. The zero-order valence-corrected chi connectivity index (χ0v) is 16.3. The van der Waals surface area contributed by atoms with Crippen molar-refractivity contribution in [2.45, 2.75) is 57.8 Å². The number of ether oxygens (including phenoxy) is 1. The van der Waals surface area contributed by atoms with Crippen LogP contribution in [0.3, 0.4) is 0 Å². The van der Waals surface area contributed by atoms with Crippen LogP contribution in [0, 0.1) is 0 Å². The molecule has 1 saturated heterocycles. The SMILES string of the molecule is CCCCCC(=O)NC1=NN(C)c2ncnc3c2c1cn3[C@H]1CC[C@@H](CO)O1. The molecule has 1 amide bonds. The van der Waals surface area contributed by atoms with E-state index in [1.165, 1.54) is 6.33 Å². The number of aliphatic hydroxyl groups is 1. The number of hydrogen-bond acceptors (Lipinski definition) is 7. The van der Waals surface area contributed by atoms with Crippen LogP contribution in [-0.2, 0) is 9.53 Å². The van der Waals surface area contributed by atoms with Gasteiger partial charge in [0, 0.05) is 19.7 Å². The van der Waals surface area contributed by atoms with E-state index in [1.807, 2.05) is 10.8 Å². The number of nitrogens with one attached hydrogen (secondary N) is 1. The van der Waals surface area contributed by atoms with E-state index >= 15 is 0 Å². The Balaban J connectivity index is 1.66. The van der Waals surface area contributed by atoms with Crippen LogP contribution in [0.2, 0.25) is 0 Å². The minimum absolute atomic E-state index is 0.00601. The van der Waals surface area contributed by atoms with Gasteiger partial charge in [-0.2, -0.15) is 5.10 Å². The largest absolute Gasteiger partial charge is 0.394 e. The predicted octanol–water partition coefficient (Wildman–Crippen LogP) is 1.91. The smallest absolute Gasteiger partial charge is 0.225 e. The van der Waals surface area contributed by atoms with E-state index in [0.29, 0.717) is 18.1 Å². The van der Waals surface area contributed by atoms with Crippen LogP contribution in [0.5, 0.6) is 0 Å². The van der Waals surface area contributed by atoms with E-state index in [0.717, 1.165) is 48.7 Å². The summed E-state index contributed by atoms with van der Waals surface area (Å²) in [5.74, 6) is 1.16. The summed E-state index contributed by atoms with van der Waals surface area (Å²) in [4.78, 5) is 21.2. The van der Waals surface area contributed by atoms with E-state index in [2.05, 4.69) is 27.3 Å². The van der Waals surface area contributed by atoms with Crippen molar-refractivity contribution in [1.82, 2.24) is 19.9 Å². The van der Waals surface area contributed by atoms with Gasteiger partial charge < -0.3 is 19.7 Å². The topological polar surface area (TPSA) is 105 Å². The summed E-state index contributed by atoms with van der Waals surface area (Å²) in [6.07, 6.45) is 8.09. The van der Waals surface area contributed by atoms with Gasteiger partial charge in [-0.3, -0.25) is 4.79 Å². The van der Waals surface area contributed by atoms with Gasteiger partial charge in [0.25, 0.3) is 0 Å². The molecule has 2 aliphatic heterocycles. The Morgan fingerprint density at radius 2 is 2.21 bits per heavy atom. The van der Waals surface area contributed by atoms with Gasteiger partial charge in [-0.25, -0.2) is 15.0 Å². The zero-order valence-electron chi connectivity index (χ0n) is 16.3. The Bertz CT molecular complexity index is 908. The predicted molar refractivity (Wildman–Crippen MR) is 105 cm³/mol. The molecule has 0 aromatic carbocycles. The number of amidine groups is 1. The van der Waals surface area contributed by atoms with Crippen LogP contribution < -0.4 is 10.3 Å². The molecule has 2 aromatic heterocycles. The highest BCUT2D eigenvalue weighted by molar-refractivity contribution is 6.18. The molecule has 2 N–H and O–H groups in total. The van der Waals surface area contributed by atoms with Crippen molar-refractivity contribution >= 4 is 28.6 Å². The first-order valence-corrected chi connectivity index (χ1v) is 9.86. The fourth-order valence-corrected chi connectivity index (χ4v) is 3.81. The number of aliphatic hydroxyl groups excluding tert-OH is 1. The van der Waals surface area contributed by atoms with Crippen LogP contribution >= 0.6 is 0 Å². The number of unbranched alkanes of at least 4 members (excludes halogenated alkanes) is 2. The molecule has 9 heteroatoms. The van der Waals surface area contributed by atoms with Crippen LogP contribution in [0.1, 0.15) is 57.2 Å². The van der Waals surface area contributed by atoms with Crippen molar-refractivity contribution in [2.75, 3.05) is 18.7 Å². The lowest BCUT2D eigenvalue weighted by Crippen LogP contribution is -2.35. The summed E-state index contributed by atoms with van der Waals surface area (Å²) in [5, 5.41) is 19.4. The molecule has 4 rings (SSSR count). The van der Waals surface area contributed by atoms with Gasteiger partial charge in [-0.15, -0.1) is 0 Å². The van der Waals surface area contributed by atoms with Gasteiger partial charge in [0.1, 0.15) is 18.2 Å². The van der Waals surface area contributed by atoms with Gasteiger partial charge >= 0.3 is 0 Å². The number of carbonyl (C=O) groups is 1. The molecule has 0 bridgehead atoms. The lowest BCUT2D eigenvalue weighted by molar-refractivity contribution is -0.119. The first-order chi connectivity index (χ1) is 13.6. The highest BCUT2D eigenvalue weighted by Gasteiger charge is 2.32. The van der Waals surface area contributed by atoms with Crippen LogP contribution in [-0.4, -0.2) is 51.1 Å². The summed E-state index contributed by atoms with van der Waals surface area (Å²) < 4.78 is 7.90. The van der Waals surface area contributed by atoms with Gasteiger partial charge in [0.05, 0.1) is 23.7 Å². The van der Waals surface area contributed by atoms with Crippen LogP contribution in [0.4, 0.5) is 5.82 Å². The van der Waals surface area contributed by atoms with Gasteiger partial charge in [0.15, 0.2) is 11.7 Å². The molecule has 2 aromatic rings. The third-order valence-electron chi connectivity index (χ3n) is 5.27. The highest BCUT2D eigenvalue weighted by atomic mass is 16.5. The minimum atomic E-state index is -0.207. The van der Waals surface area contributed by atoms with Gasteiger partial charge in [-0.1, -0.05) is 19.8 Å². The van der Waals surface area contributed by atoms with E-state index in [4.69, 9.17) is 4.74 Å². The molecule has 0 spiro atoms. The van der Waals surface area contributed by atoms with Crippen molar-refractivity contribution in [3.05, 3.63) is 18.1 Å². The molecule has 28 heavy (non-hydrogen) atoms. The van der Waals surface area contributed by atoms with Crippen molar-refractivity contribution in [3.8, 4) is 0 Å². The van der Waals surface area contributed by atoms with Gasteiger partial charge in [0.2, 0.25) is 5.91 Å². The second-order valence-corrected chi connectivity index (χ2v) is 7.30. The number of hydrogen-bond donors (Lipinski definition) is 2. The second-order valence-electron chi connectivity index (χ2n) is 7.30. The Kier molecular flexibility index (Phi) is 5.27. The maximum atomic E-state index is 12.4. The van der Waals surface area contributed by atoms with Crippen molar-refractivity contribution in [3.63, 3.8) is 0 Å². The Morgan fingerprint density at radius 3 is 2.96 bits per heavy atom. The molecule has 9 nitrogen and oxygen atoms in total. The molecule has 4 heterocycles. The Hall–Kier alpha value is -2.52. The molecule has 0 saturated carbocycles. The summed E-state index contributed by atoms with van der Waals surface area (Å²) in [6.45, 7) is 2.12. The number of hydrazone groups is 1. The van der Waals surface area contributed by atoms with E-state index in [9.17, 15) is 9.90 Å². The number of aromatic nitrogens is 3. The molecular formula is C19H26N6O3. The maximum Gasteiger partial charge on any atom is 0.225 e. The van der Waals surface area contributed by atoms with Gasteiger partial charge in [-0.05, 0) is 19.3 Å². The summed E-state index contributed by atoms with van der Waals surface area (Å²) in [7, 11) is 1.80. The Labute approximate surface area is 163 Å². The third-order valence-corrected chi connectivity index (χ3v) is 5.27. The molecule has 2 atom stereocenters. The van der Waals surface area contributed by atoms with Crippen LogP contribution in [0.25, 0.3) is 11.0 Å². The standard InChI is InChI=1S/C19H26N6O3/c1-3-4-5-6-14(27)22-17-13-9-25(15-8-7-12(10-26)28-15)19-16(13)18(20-11-21-19)24(2)23-17/h9,11-12,15,26H,3-8,10H2,1-2H3,(H,22,23,27)/t12-,15+/m0/s1. The number of nitrogens with zero attached hydrogens (tertiary/aromatic N) is 5. The van der Waals surface area contributed by atoms with E-state index in [-0.39, 0.29) is 24.8 Å². The molecule has 0 unspecified atom stereocenters. The number of rotatable bonds is 6. The average molecular weight is 386 g/mol. The fraction of sp³-hybridized carbons (Fsp3) is 0.579. The van der Waals surface area contributed by atoms with E-state index < -0.39 is 0 Å². The molecule has 0 aliphatic carbocycles. The van der Waals surface area contributed by atoms with E-state index in [1.54, 1.807) is 12.1 Å². The van der Waals surface area contributed by atoms with Crippen molar-refractivity contribution in [1.29, 1.82) is 0 Å². The zero-order chi connectivity index (χ0) is 19.7. The summed E-state index contributed by atoms with van der Waals surface area (Å²) in [6, 6.07) is 0. The molecular weight excluding hydrogens is 360 g/mol. The lowest BCUT2D eigenvalue weighted by atomic mass is 10.1. The van der Waals surface area contributed by atoms with Crippen LogP contribution in [0.15, 0.2) is 17.6 Å². The Morgan fingerprint density at radius 1 is 1.36 bits per heavy atom. The quantitative estimate of drug-likeness (QED) is 0.735. The fourth-order valence-electron chi connectivity index (χ4n) is 3.81. The highest BCUT2D eigenvalue weighted by Crippen LogP contribution is 2.36. The molecule has 0 radical (unpaired) electrons. The first-order valence-electron chi connectivity index (χ1n) is 9.86. The maximum absolute atomic E-state index is 12.4. The summed E-state index contributed by atoms with van der Waals surface area (Å²) >= 11 is 0. The molecule has 1 fully saturated rings. The minimum Gasteiger partial charge on any atom is -0.394 e. The lowest BCUT2D eigenvalue weighted by Gasteiger charge is -2.20. The normalized spacial score (nSPS) is 21.2. The van der Waals surface area contributed by atoms with Crippen molar-refractivity contribution < 1.29 is 14.6 Å². The monoisotopic (exact) mass is 386 g/mol. The number of anilines is 1. The molecule has 150 valence electrons. The number of carbonyl (C=O) groups excluding carboxylic acids is 1. The summed E-state index contributed by atoms with van der Waals surface area (Å²) in [5.41, 5.74) is 1.53. The van der Waals surface area contributed by atoms with Crippen molar-refractivity contribution in [2.24, 2.45) is 5.10 Å². The second kappa shape index (κ2) is 7.84. The third kappa shape index (κ3) is 3.35. The number of amides is 1. The molecule has 2 aliphatic rings. The average Bonchev–Trinajstić information content (AvgIpc) is 3.31.